The van der Waals surface area contributed by atoms with E-state index >= 15 is 0 Å². The predicted molar refractivity (Wildman–Crippen MR) is 88.4 cm³/mol. The molecule has 1 aromatic carbocycles. The van der Waals surface area contributed by atoms with Crippen molar-refractivity contribution in [2.45, 2.75) is 25.6 Å². The zero-order chi connectivity index (χ0) is 15.5. The van der Waals surface area contributed by atoms with E-state index < -0.39 is 0 Å². The Hall–Kier alpha value is -1.50. The molecule has 6 heteroatoms. The topological polar surface area (TPSA) is 44.8 Å². The Kier molecular flexibility index (Phi) is 4.71. The van der Waals surface area contributed by atoms with Crippen molar-refractivity contribution in [1.29, 1.82) is 0 Å². The van der Waals surface area contributed by atoms with E-state index in [9.17, 15) is 4.79 Å². The number of nitrogens with zero attached hydrogens (tertiary/aromatic N) is 2. The van der Waals surface area contributed by atoms with Gasteiger partial charge in [-0.15, -0.1) is 0 Å². The largest absolute Gasteiger partial charge is 0.374 e. The number of carbonyl (C=O) groups is 1. The van der Waals surface area contributed by atoms with Crippen molar-refractivity contribution in [2.24, 2.45) is 0 Å². The maximum absolute atomic E-state index is 12.1. The van der Waals surface area contributed by atoms with Gasteiger partial charge in [0.15, 0.2) is 5.11 Å². The molecule has 118 valence electrons. The van der Waals surface area contributed by atoms with E-state index in [0.717, 1.165) is 19.6 Å². The minimum Gasteiger partial charge on any atom is -0.374 e. The van der Waals surface area contributed by atoms with Crippen molar-refractivity contribution in [1.82, 2.24) is 15.1 Å². The molecule has 2 heterocycles. The second kappa shape index (κ2) is 6.73. The summed E-state index contributed by atoms with van der Waals surface area (Å²) in [4.78, 5) is 16.1. The number of nitrogens with one attached hydrogen (secondary N) is 1. The summed E-state index contributed by atoms with van der Waals surface area (Å²) >= 11 is 5.22. The van der Waals surface area contributed by atoms with Gasteiger partial charge in [0.05, 0.1) is 19.3 Å². The number of amides is 1. The molecule has 1 amide bonds. The van der Waals surface area contributed by atoms with Crippen LogP contribution in [0.1, 0.15) is 12.5 Å². The molecule has 2 atom stereocenters. The van der Waals surface area contributed by atoms with Gasteiger partial charge in [0.1, 0.15) is 6.04 Å². The second-order valence-electron chi connectivity index (χ2n) is 5.83. The molecular weight excluding hydrogens is 298 g/mol. The first-order chi connectivity index (χ1) is 10.6. The summed E-state index contributed by atoms with van der Waals surface area (Å²) < 4.78 is 5.82. The molecule has 5 nitrogen and oxygen atoms in total. The van der Waals surface area contributed by atoms with Crippen LogP contribution in [0, 0.1) is 0 Å². The van der Waals surface area contributed by atoms with Crippen LogP contribution in [0.15, 0.2) is 30.3 Å². The minimum atomic E-state index is -0.225. The van der Waals surface area contributed by atoms with Gasteiger partial charge in [0.25, 0.3) is 5.91 Å². The Bertz CT molecular complexity index is 552. The molecule has 0 bridgehead atoms. The van der Waals surface area contributed by atoms with Gasteiger partial charge in [-0.3, -0.25) is 14.6 Å². The molecule has 22 heavy (non-hydrogen) atoms. The number of ether oxygens (including phenoxy) is 1. The van der Waals surface area contributed by atoms with Crippen LogP contribution in [0.2, 0.25) is 0 Å². The molecule has 0 aromatic heterocycles. The van der Waals surface area contributed by atoms with Gasteiger partial charge < -0.3 is 10.1 Å². The van der Waals surface area contributed by atoms with Crippen LogP contribution in [0.4, 0.5) is 0 Å². The fourth-order valence-corrected chi connectivity index (χ4v) is 3.25. The Morgan fingerprint density at radius 1 is 1.36 bits per heavy atom. The molecule has 3 rings (SSSR count). The third-order valence-corrected chi connectivity index (χ3v) is 4.42. The second-order valence-corrected chi connectivity index (χ2v) is 6.22. The fourth-order valence-electron chi connectivity index (χ4n) is 2.91. The number of rotatable bonds is 4. The van der Waals surface area contributed by atoms with Gasteiger partial charge in [0, 0.05) is 19.6 Å². The molecule has 0 radical (unpaired) electrons. The van der Waals surface area contributed by atoms with Gasteiger partial charge >= 0.3 is 0 Å². The number of hydrogen-bond donors (Lipinski definition) is 1. The lowest BCUT2D eigenvalue weighted by atomic mass is 10.2. The molecule has 2 aliphatic heterocycles. The van der Waals surface area contributed by atoms with Gasteiger partial charge in [-0.25, -0.2) is 0 Å². The maximum Gasteiger partial charge on any atom is 0.251 e. The molecule has 2 aliphatic rings. The fraction of sp³-hybridized carbons (Fsp3) is 0.500. The molecule has 1 N–H and O–H groups in total. The van der Waals surface area contributed by atoms with E-state index in [4.69, 9.17) is 17.0 Å². The summed E-state index contributed by atoms with van der Waals surface area (Å²) in [5.41, 5.74) is 1.30. The number of morpholine rings is 1. The van der Waals surface area contributed by atoms with E-state index in [1.165, 1.54) is 5.56 Å². The molecule has 1 aromatic rings. The number of benzene rings is 1. The Labute approximate surface area is 136 Å². The van der Waals surface area contributed by atoms with Crippen LogP contribution in [0.5, 0.6) is 0 Å². The lowest BCUT2D eigenvalue weighted by molar-refractivity contribution is -0.129. The third-order valence-electron chi connectivity index (χ3n) is 4.08. The number of thiocarbonyl (C=S) groups is 1. The average Bonchev–Trinajstić information content (AvgIpc) is 2.75. The van der Waals surface area contributed by atoms with E-state index in [0.29, 0.717) is 18.3 Å². The van der Waals surface area contributed by atoms with Crippen LogP contribution in [0.3, 0.4) is 0 Å². The Balaban J connectivity index is 1.57. The zero-order valence-electron chi connectivity index (χ0n) is 12.7. The van der Waals surface area contributed by atoms with Gasteiger partial charge in [-0.2, -0.15) is 0 Å². The summed E-state index contributed by atoms with van der Waals surface area (Å²) in [5.74, 6) is 0.0359. The molecule has 2 saturated heterocycles. The molecule has 0 aliphatic carbocycles. The number of carbonyl (C=O) groups excluding carboxylic acids is 1. The lowest BCUT2D eigenvalue weighted by Crippen LogP contribution is -2.48. The highest BCUT2D eigenvalue weighted by Gasteiger charge is 2.34. The first kappa shape index (κ1) is 15.4. The molecular formula is C16H21N3O2S. The van der Waals surface area contributed by atoms with Gasteiger partial charge in [-0.05, 0) is 24.7 Å². The van der Waals surface area contributed by atoms with Crippen LogP contribution in [-0.4, -0.2) is 59.2 Å². The molecule has 0 unspecified atom stereocenters. The summed E-state index contributed by atoms with van der Waals surface area (Å²) in [6, 6.07) is 10.2. The van der Waals surface area contributed by atoms with Crippen molar-refractivity contribution in [2.75, 3.05) is 26.2 Å². The van der Waals surface area contributed by atoms with Crippen molar-refractivity contribution < 1.29 is 9.53 Å². The van der Waals surface area contributed by atoms with E-state index in [2.05, 4.69) is 34.5 Å². The Morgan fingerprint density at radius 3 is 2.82 bits per heavy atom. The van der Waals surface area contributed by atoms with Crippen molar-refractivity contribution in [3.8, 4) is 0 Å². The lowest BCUT2D eigenvalue weighted by Gasteiger charge is -2.34. The van der Waals surface area contributed by atoms with Crippen molar-refractivity contribution in [3.63, 3.8) is 0 Å². The van der Waals surface area contributed by atoms with Gasteiger partial charge in [0.2, 0.25) is 0 Å². The summed E-state index contributed by atoms with van der Waals surface area (Å²) in [6.07, 6.45) is 0.00598. The molecule has 2 fully saturated rings. The zero-order valence-corrected chi connectivity index (χ0v) is 13.5. The van der Waals surface area contributed by atoms with E-state index in [1.54, 1.807) is 4.90 Å². The normalized spacial score (nSPS) is 26.3. The van der Waals surface area contributed by atoms with E-state index in [-0.39, 0.29) is 18.1 Å². The molecule has 0 saturated carbocycles. The van der Waals surface area contributed by atoms with Crippen LogP contribution in [-0.2, 0) is 16.1 Å². The standard InChI is InChI=1S/C16H21N3O2S/c1-12-15(20)19(16(22)17-12)11-14-10-18(7-8-21-14)9-13-5-3-2-4-6-13/h2-6,12,14H,7-11H2,1H3,(H,17,22)/t12-,14-/m0/s1. The smallest absolute Gasteiger partial charge is 0.251 e. The van der Waals surface area contributed by atoms with Gasteiger partial charge in [-0.1, -0.05) is 30.3 Å². The SMILES string of the molecule is C[C@@H]1NC(=S)N(C[C@@H]2CN(Cc3ccccc3)CCO2)C1=O. The Morgan fingerprint density at radius 2 is 2.14 bits per heavy atom. The monoisotopic (exact) mass is 319 g/mol. The van der Waals surface area contributed by atoms with E-state index in [1.807, 2.05) is 13.0 Å². The first-order valence-corrected chi connectivity index (χ1v) is 8.04. The highest BCUT2D eigenvalue weighted by atomic mass is 32.1. The maximum atomic E-state index is 12.1. The average molecular weight is 319 g/mol. The highest BCUT2D eigenvalue weighted by molar-refractivity contribution is 7.80. The summed E-state index contributed by atoms with van der Waals surface area (Å²) in [6.45, 7) is 5.69. The highest BCUT2D eigenvalue weighted by Crippen LogP contribution is 2.14. The van der Waals surface area contributed by atoms with Crippen molar-refractivity contribution >= 4 is 23.2 Å². The minimum absolute atomic E-state index is 0.00598. The van der Waals surface area contributed by atoms with Crippen molar-refractivity contribution in [3.05, 3.63) is 35.9 Å². The molecule has 0 spiro atoms. The van der Waals surface area contributed by atoms with Crippen LogP contribution < -0.4 is 5.32 Å². The predicted octanol–water partition coefficient (Wildman–Crippen LogP) is 0.993. The first-order valence-electron chi connectivity index (χ1n) is 7.63. The summed E-state index contributed by atoms with van der Waals surface area (Å²) in [7, 11) is 0. The number of hydrogen-bond acceptors (Lipinski definition) is 4. The quantitative estimate of drug-likeness (QED) is 0.839. The summed E-state index contributed by atoms with van der Waals surface area (Å²) in [5, 5.41) is 3.51. The third kappa shape index (κ3) is 3.45. The van der Waals surface area contributed by atoms with Crippen LogP contribution >= 0.6 is 12.2 Å². The van der Waals surface area contributed by atoms with Crippen LogP contribution in [0.25, 0.3) is 0 Å².